The van der Waals surface area contributed by atoms with Crippen LogP contribution in [0.4, 0.5) is 5.69 Å². The summed E-state index contributed by atoms with van der Waals surface area (Å²) in [7, 11) is 0. The molecule has 6 heteroatoms. The Bertz CT molecular complexity index is 778. The summed E-state index contributed by atoms with van der Waals surface area (Å²) >= 11 is 3.33. The van der Waals surface area contributed by atoms with Gasteiger partial charge in [0.05, 0.1) is 0 Å². The normalized spacial score (nSPS) is 13.1. The summed E-state index contributed by atoms with van der Waals surface area (Å²) in [6.45, 7) is 0.122. The van der Waals surface area contributed by atoms with Gasteiger partial charge in [-0.2, -0.15) is 0 Å². The fourth-order valence-electron chi connectivity index (χ4n) is 2.75. The van der Waals surface area contributed by atoms with E-state index in [0.29, 0.717) is 12.3 Å². The van der Waals surface area contributed by atoms with Crippen molar-refractivity contribution in [2.24, 2.45) is 0 Å². The molecule has 1 heterocycles. The summed E-state index contributed by atoms with van der Waals surface area (Å²) in [5.74, 6) is -0.232. The third-order valence-electron chi connectivity index (χ3n) is 3.92. The Balaban J connectivity index is 1.50. The molecule has 0 saturated heterocycles. The van der Waals surface area contributed by atoms with E-state index in [0.717, 1.165) is 28.6 Å². The Labute approximate surface area is 154 Å². The highest BCUT2D eigenvalue weighted by molar-refractivity contribution is 9.10. The number of benzene rings is 2. The summed E-state index contributed by atoms with van der Waals surface area (Å²) in [6.07, 6.45) is 1.86. The van der Waals surface area contributed by atoms with Gasteiger partial charge in [0.15, 0.2) is 13.2 Å². The van der Waals surface area contributed by atoms with Gasteiger partial charge in [0.2, 0.25) is 0 Å². The first-order chi connectivity index (χ1) is 12.1. The molecule has 0 aliphatic carbocycles. The molecule has 0 fully saturated rings. The molecule has 5 nitrogen and oxygen atoms in total. The summed E-state index contributed by atoms with van der Waals surface area (Å²) in [6, 6.07) is 15.0. The largest absolute Gasteiger partial charge is 0.482 e. The molecule has 0 radical (unpaired) electrons. The number of halogens is 1. The predicted octanol–water partition coefficient (Wildman–Crippen LogP) is 3.35. The molecule has 2 aromatic carbocycles. The van der Waals surface area contributed by atoms with Gasteiger partial charge >= 0.3 is 5.97 Å². The minimum atomic E-state index is -0.571. The van der Waals surface area contributed by atoms with Gasteiger partial charge in [-0.3, -0.25) is 4.79 Å². The Morgan fingerprint density at radius 1 is 1.08 bits per heavy atom. The van der Waals surface area contributed by atoms with E-state index in [9.17, 15) is 9.59 Å². The standard InChI is InChI=1S/C19H18BrNO4/c20-15-7-3-8-16(11-15)24-13-19(23)25-12-18(22)21-10-4-6-14-5-1-2-9-17(14)21/h1-3,5,7-9,11H,4,6,10,12-13H2. The van der Waals surface area contributed by atoms with E-state index in [1.54, 1.807) is 17.0 Å². The molecule has 0 saturated carbocycles. The fourth-order valence-corrected chi connectivity index (χ4v) is 3.13. The van der Waals surface area contributed by atoms with E-state index in [2.05, 4.69) is 15.9 Å². The number of hydrogen-bond acceptors (Lipinski definition) is 4. The van der Waals surface area contributed by atoms with Crippen LogP contribution in [0.5, 0.6) is 5.75 Å². The SMILES string of the molecule is O=C(COc1cccc(Br)c1)OCC(=O)N1CCCc2ccccc21. The second-order valence-electron chi connectivity index (χ2n) is 5.68. The van der Waals surface area contributed by atoms with Crippen molar-refractivity contribution in [2.75, 3.05) is 24.7 Å². The fraction of sp³-hybridized carbons (Fsp3) is 0.263. The zero-order chi connectivity index (χ0) is 17.6. The molecule has 0 bridgehead atoms. The number of carbonyl (C=O) groups excluding carboxylic acids is 2. The number of carbonyl (C=O) groups is 2. The number of fused-ring (bicyclic) bond motifs is 1. The van der Waals surface area contributed by atoms with E-state index in [-0.39, 0.29) is 19.1 Å². The number of esters is 1. The molecule has 3 rings (SSSR count). The third kappa shape index (κ3) is 4.60. The van der Waals surface area contributed by atoms with E-state index in [1.807, 2.05) is 36.4 Å². The molecule has 1 amide bonds. The van der Waals surface area contributed by atoms with Crippen molar-refractivity contribution in [3.05, 3.63) is 58.6 Å². The van der Waals surface area contributed by atoms with Gasteiger partial charge in [-0.15, -0.1) is 0 Å². The van der Waals surface area contributed by atoms with Crippen LogP contribution in [0, 0.1) is 0 Å². The summed E-state index contributed by atoms with van der Waals surface area (Å²) in [4.78, 5) is 25.9. The topological polar surface area (TPSA) is 55.8 Å². The third-order valence-corrected chi connectivity index (χ3v) is 4.41. The number of aryl methyl sites for hydroxylation is 1. The number of nitrogens with zero attached hydrogens (tertiary/aromatic N) is 1. The summed E-state index contributed by atoms with van der Waals surface area (Å²) in [5, 5.41) is 0. The Kier molecular flexibility index (Phi) is 5.71. The van der Waals surface area contributed by atoms with Gasteiger partial charge < -0.3 is 14.4 Å². The van der Waals surface area contributed by atoms with E-state index in [4.69, 9.17) is 9.47 Å². The van der Waals surface area contributed by atoms with Gasteiger partial charge in [-0.1, -0.05) is 40.2 Å². The number of ether oxygens (including phenoxy) is 2. The molecule has 1 aliphatic heterocycles. The van der Waals surface area contributed by atoms with Crippen LogP contribution < -0.4 is 9.64 Å². The van der Waals surface area contributed by atoms with Crippen LogP contribution in [-0.4, -0.2) is 31.6 Å². The smallest absolute Gasteiger partial charge is 0.344 e. The number of rotatable bonds is 5. The second kappa shape index (κ2) is 8.16. The molecule has 0 aromatic heterocycles. The Morgan fingerprint density at radius 3 is 2.76 bits per heavy atom. The van der Waals surface area contributed by atoms with Crippen LogP contribution in [0.3, 0.4) is 0 Å². The summed E-state index contributed by atoms with van der Waals surface area (Å²) < 4.78 is 11.3. The van der Waals surface area contributed by atoms with Crippen molar-refractivity contribution >= 4 is 33.5 Å². The minimum Gasteiger partial charge on any atom is -0.482 e. The van der Waals surface area contributed by atoms with Crippen molar-refractivity contribution < 1.29 is 19.1 Å². The van der Waals surface area contributed by atoms with Crippen LogP contribution in [0.25, 0.3) is 0 Å². The van der Waals surface area contributed by atoms with Crippen LogP contribution in [0.15, 0.2) is 53.0 Å². The minimum absolute atomic E-state index is 0.219. The van der Waals surface area contributed by atoms with Crippen LogP contribution in [0.2, 0.25) is 0 Å². The molecule has 0 unspecified atom stereocenters. The molecular formula is C19H18BrNO4. The van der Waals surface area contributed by atoms with Crippen LogP contribution >= 0.6 is 15.9 Å². The second-order valence-corrected chi connectivity index (χ2v) is 6.60. The first kappa shape index (κ1) is 17.5. The molecule has 0 N–H and O–H groups in total. The van der Waals surface area contributed by atoms with Crippen molar-refractivity contribution in [3.63, 3.8) is 0 Å². The lowest BCUT2D eigenvalue weighted by Gasteiger charge is -2.29. The Hall–Kier alpha value is -2.34. The molecule has 25 heavy (non-hydrogen) atoms. The van der Waals surface area contributed by atoms with Gasteiger partial charge in [0.1, 0.15) is 5.75 Å². The maximum atomic E-state index is 12.4. The first-order valence-electron chi connectivity index (χ1n) is 8.06. The average Bonchev–Trinajstić information content (AvgIpc) is 2.64. The van der Waals surface area contributed by atoms with Crippen molar-refractivity contribution in [1.29, 1.82) is 0 Å². The maximum absolute atomic E-state index is 12.4. The average molecular weight is 404 g/mol. The van der Waals surface area contributed by atoms with E-state index in [1.165, 1.54) is 0 Å². The monoisotopic (exact) mass is 403 g/mol. The quantitative estimate of drug-likeness (QED) is 0.718. The van der Waals surface area contributed by atoms with Gasteiger partial charge in [-0.05, 0) is 42.7 Å². The highest BCUT2D eigenvalue weighted by atomic mass is 79.9. The van der Waals surface area contributed by atoms with Crippen molar-refractivity contribution in [2.45, 2.75) is 12.8 Å². The van der Waals surface area contributed by atoms with Crippen LogP contribution in [0.1, 0.15) is 12.0 Å². The van der Waals surface area contributed by atoms with Crippen molar-refractivity contribution in [1.82, 2.24) is 0 Å². The first-order valence-corrected chi connectivity index (χ1v) is 8.85. The van der Waals surface area contributed by atoms with E-state index >= 15 is 0 Å². The molecule has 1 aliphatic rings. The molecular weight excluding hydrogens is 386 g/mol. The lowest BCUT2D eigenvalue weighted by atomic mass is 10.0. The highest BCUT2D eigenvalue weighted by Gasteiger charge is 2.23. The van der Waals surface area contributed by atoms with Gasteiger partial charge in [-0.25, -0.2) is 4.79 Å². The molecule has 0 spiro atoms. The zero-order valence-corrected chi connectivity index (χ0v) is 15.2. The number of amides is 1. The predicted molar refractivity (Wildman–Crippen MR) is 97.7 cm³/mol. The van der Waals surface area contributed by atoms with Gasteiger partial charge in [0, 0.05) is 16.7 Å². The zero-order valence-electron chi connectivity index (χ0n) is 13.6. The lowest BCUT2D eigenvalue weighted by Crippen LogP contribution is -2.38. The molecule has 0 atom stereocenters. The maximum Gasteiger partial charge on any atom is 0.344 e. The highest BCUT2D eigenvalue weighted by Crippen LogP contribution is 2.26. The summed E-state index contributed by atoms with van der Waals surface area (Å²) in [5.41, 5.74) is 2.05. The molecule has 2 aromatic rings. The molecule has 130 valence electrons. The van der Waals surface area contributed by atoms with Crippen LogP contribution in [-0.2, 0) is 20.7 Å². The van der Waals surface area contributed by atoms with Gasteiger partial charge in [0.25, 0.3) is 5.91 Å². The van der Waals surface area contributed by atoms with Crippen molar-refractivity contribution in [3.8, 4) is 5.75 Å². The lowest BCUT2D eigenvalue weighted by molar-refractivity contribution is -0.149. The number of hydrogen-bond donors (Lipinski definition) is 0. The number of para-hydroxylation sites is 1. The Morgan fingerprint density at radius 2 is 1.92 bits per heavy atom. The van der Waals surface area contributed by atoms with E-state index < -0.39 is 5.97 Å². The number of anilines is 1.